The van der Waals surface area contributed by atoms with Gasteiger partial charge in [-0.25, -0.2) is 9.18 Å². The van der Waals surface area contributed by atoms with Crippen LogP contribution in [0.25, 0.3) is 0 Å². The van der Waals surface area contributed by atoms with Crippen LogP contribution in [0.3, 0.4) is 0 Å². The summed E-state index contributed by atoms with van der Waals surface area (Å²) >= 11 is 0. The van der Waals surface area contributed by atoms with E-state index in [1.165, 1.54) is 12.1 Å². The zero-order valence-electron chi connectivity index (χ0n) is 15.9. The molecule has 8 heteroatoms. The number of ether oxygens (including phenoxy) is 1. The molecule has 0 saturated carbocycles. The minimum Gasteiger partial charge on any atom is -0.478 e. The maximum absolute atomic E-state index is 14.4. The van der Waals surface area contributed by atoms with Crippen molar-refractivity contribution in [3.05, 3.63) is 46.4 Å². The molecule has 150 valence electrons. The maximum Gasteiger partial charge on any atom is 0.335 e. The van der Waals surface area contributed by atoms with Crippen molar-refractivity contribution < 1.29 is 23.8 Å². The van der Waals surface area contributed by atoms with Gasteiger partial charge in [0.1, 0.15) is 5.82 Å². The highest BCUT2D eigenvalue weighted by atomic mass is 19.1. The number of halogens is 1. The predicted molar refractivity (Wildman–Crippen MR) is 101 cm³/mol. The molecule has 3 N–H and O–H groups in total. The number of allylic oxidation sites excluding steroid dienone is 2. The molecule has 1 amide bonds. The number of likely N-dealkylation sites (tertiary alicyclic amines) is 1. The fraction of sp³-hybridized carbons (Fsp3) is 0.450. The van der Waals surface area contributed by atoms with Crippen LogP contribution in [0, 0.1) is 17.1 Å². The van der Waals surface area contributed by atoms with E-state index in [1.54, 1.807) is 19.1 Å². The van der Waals surface area contributed by atoms with Crippen molar-refractivity contribution in [2.75, 3.05) is 27.2 Å². The molecule has 1 saturated heterocycles. The zero-order valence-corrected chi connectivity index (χ0v) is 15.9. The molecule has 1 aliphatic carbocycles. The Morgan fingerprint density at radius 2 is 2.07 bits per heavy atom. The minimum atomic E-state index is -1.21. The highest BCUT2D eigenvalue weighted by Crippen LogP contribution is 2.33. The zero-order chi connectivity index (χ0) is 20.4. The molecule has 0 aromatic heterocycles. The van der Waals surface area contributed by atoms with E-state index in [-0.39, 0.29) is 34.8 Å². The van der Waals surface area contributed by atoms with Crippen LogP contribution in [0.5, 0.6) is 0 Å². The number of nitrogens with one attached hydrogen (secondary N) is 2. The van der Waals surface area contributed by atoms with Gasteiger partial charge in [-0.15, -0.1) is 0 Å². The topological polar surface area (TPSA) is 103 Å². The van der Waals surface area contributed by atoms with Gasteiger partial charge in [-0.3, -0.25) is 10.2 Å². The molecule has 3 rings (SSSR count). The van der Waals surface area contributed by atoms with E-state index in [0.717, 1.165) is 11.8 Å². The molecule has 0 radical (unpaired) electrons. The molecule has 1 aromatic rings. The molecule has 0 spiro atoms. The summed E-state index contributed by atoms with van der Waals surface area (Å²) in [7, 11) is 3.36. The second-order valence-corrected chi connectivity index (χ2v) is 7.12. The third kappa shape index (κ3) is 3.77. The van der Waals surface area contributed by atoms with Gasteiger partial charge in [0, 0.05) is 44.4 Å². The molecule has 1 aromatic carbocycles. The molecular weight excluding hydrogens is 365 g/mol. The number of carboxylic acids is 1. The third-order valence-electron chi connectivity index (χ3n) is 5.49. The van der Waals surface area contributed by atoms with E-state index in [2.05, 4.69) is 5.32 Å². The second-order valence-electron chi connectivity index (χ2n) is 7.12. The summed E-state index contributed by atoms with van der Waals surface area (Å²) in [5.74, 6) is -2.04. The largest absolute Gasteiger partial charge is 0.478 e. The average molecular weight is 389 g/mol. The van der Waals surface area contributed by atoms with Crippen LogP contribution < -0.4 is 5.32 Å². The summed E-state index contributed by atoms with van der Waals surface area (Å²) < 4.78 is 19.6. The van der Waals surface area contributed by atoms with Crippen molar-refractivity contribution in [2.24, 2.45) is 5.92 Å². The lowest BCUT2D eigenvalue weighted by molar-refractivity contribution is -0.147. The highest BCUT2D eigenvalue weighted by molar-refractivity contribution is 6.11. The van der Waals surface area contributed by atoms with Gasteiger partial charge in [0.05, 0.1) is 17.4 Å². The van der Waals surface area contributed by atoms with Crippen molar-refractivity contribution in [2.45, 2.75) is 25.4 Å². The Morgan fingerprint density at radius 3 is 2.64 bits per heavy atom. The molecule has 0 unspecified atom stereocenters. The van der Waals surface area contributed by atoms with Gasteiger partial charge in [-0.2, -0.15) is 0 Å². The van der Waals surface area contributed by atoms with Crippen LogP contribution in [0.2, 0.25) is 0 Å². The van der Waals surface area contributed by atoms with Crippen molar-refractivity contribution in [3.63, 3.8) is 0 Å². The lowest BCUT2D eigenvalue weighted by Crippen LogP contribution is -2.56. The number of rotatable bonds is 6. The van der Waals surface area contributed by atoms with Gasteiger partial charge in [0.15, 0.2) is 0 Å². The molecule has 1 atom stereocenters. The van der Waals surface area contributed by atoms with Crippen molar-refractivity contribution in [3.8, 4) is 0 Å². The number of hydrogen-bond acceptors (Lipinski definition) is 5. The monoisotopic (exact) mass is 389 g/mol. The second kappa shape index (κ2) is 8.10. The Labute approximate surface area is 162 Å². The van der Waals surface area contributed by atoms with E-state index in [0.29, 0.717) is 37.9 Å². The molecule has 7 nitrogen and oxygen atoms in total. The standard InChI is InChI=1S/C20H24FN3O4/c1-23-17-8-11(19(25)24-9-13(10-24)28-2)3-6-15(17)18(22)14-5-4-12(20(26)27)7-16(14)21/h4-5,7,11,13,22-23H,3,6,8-10H2,1-2H3,(H,26,27)/t11-/m0/s1. The molecular formula is C20H24FN3O4. The van der Waals surface area contributed by atoms with Gasteiger partial charge in [-0.05, 0) is 43.0 Å². The van der Waals surface area contributed by atoms with Gasteiger partial charge < -0.3 is 20.1 Å². The van der Waals surface area contributed by atoms with E-state index in [1.807, 2.05) is 0 Å². The number of hydrogen-bond donors (Lipinski definition) is 3. The molecule has 1 fully saturated rings. The summed E-state index contributed by atoms with van der Waals surface area (Å²) in [6.45, 7) is 1.21. The Bertz CT molecular complexity index is 846. The quantitative estimate of drug-likeness (QED) is 0.646. The summed E-state index contributed by atoms with van der Waals surface area (Å²) in [5, 5.41) is 20.5. The number of nitrogens with zero attached hydrogens (tertiary/aromatic N) is 1. The molecule has 1 aliphatic heterocycles. The molecule has 28 heavy (non-hydrogen) atoms. The molecule has 1 heterocycles. The fourth-order valence-electron chi connectivity index (χ4n) is 3.72. The van der Waals surface area contributed by atoms with Crippen molar-refractivity contribution >= 4 is 17.6 Å². The SMILES string of the molecule is CNC1=C(C(=N)c2ccc(C(=O)O)cc2F)CC[C@H](C(=O)N2CC(OC)C2)C1. The summed E-state index contributed by atoms with van der Waals surface area (Å²) in [5.41, 5.74) is 1.33. The predicted octanol–water partition coefficient (Wildman–Crippen LogP) is 2.02. The number of carboxylic acid groups (broad SMARTS) is 1. The first kappa shape index (κ1) is 20.0. The van der Waals surface area contributed by atoms with Crippen LogP contribution >= 0.6 is 0 Å². The van der Waals surface area contributed by atoms with E-state index in [9.17, 15) is 14.0 Å². The Kier molecular flexibility index (Phi) is 5.79. The summed E-state index contributed by atoms with van der Waals surface area (Å²) in [4.78, 5) is 25.4. The Hall–Kier alpha value is -2.74. The van der Waals surface area contributed by atoms with E-state index in [4.69, 9.17) is 15.3 Å². The van der Waals surface area contributed by atoms with E-state index >= 15 is 0 Å². The third-order valence-corrected chi connectivity index (χ3v) is 5.49. The van der Waals surface area contributed by atoms with Gasteiger partial charge in [-0.1, -0.05) is 0 Å². The first-order chi connectivity index (χ1) is 13.3. The number of aromatic carboxylic acids is 1. The lowest BCUT2D eigenvalue weighted by atomic mass is 9.82. The van der Waals surface area contributed by atoms with E-state index < -0.39 is 11.8 Å². The molecule has 0 bridgehead atoms. The average Bonchev–Trinajstić information content (AvgIpc) is 2.65. The number of carbonyl (C=O) groups is 2. The highest BCUT2D eigenvalue weighted by Gasteiger charge is 2.36. The van der Waals surface area contributed by atoms with Gasteiger partial charge in [0.25, 0.3) is 0 Å². The Morgan fingerprint density at radius 1 is 1.36 bits per heavy atom. The van der Waals surface area contributed by atoms with Crippen LogP contribution in [0.15, 0.2) is 29.5 Å². The number of carbonyl (C=O) groups excluding carboxylic acids is 1. The first-order valence-corrected chi connectivity index (χ1v) is 9.19. The van der Waals surface area contributed by atoms with Crippen LogP contribution in [0.1, 0.15) is 35.2 Å². The van der Waals surface area contributed by atoms with Gasteiger partial charge in [0.2, 0.25) is 5.91 Å². The summed E-state index contributed by atoms with van der Waals surface area (Å²) in [6.07, 6.45) is 1.64. The van der Waals surface area contributed by atoms with Crippen molar-refractivity contribution in [1.29, 1.82) is 5.41 Å². The number of methoxy groups -OCH3 is 1. The minimum absolute atomic E-state index is 0.0214. The normalized spacial score (nSPS) is 20.0. The first-order valence-electron chi connectivity index (χ1n) is 9.19. The Balaban J connectivity index is 1.76. The van der Waals surface area contributed by atoms with Crippen LogP contribution in [-0.4, -0.2) is 60.9 Å². The lowest BCUT2D eigenvalue weighted by Gasteiger charge is -2.41. The smallest absolute Gasteiger partial charge is 0.335 e. The van der Waals surface area contributed by atoms with Crippen LogP contribution in [-0.2, 0) is 9.53 Å². The van der Waals surface area contributed by atoms with Crippen LogP contribution in [0.4, 0.5) is 4.39 Å². The molecule has 2 aliphatic rings. The number of amides is 1. The maximum atomic E-state index is 14.4. The van der Waals surface area contributed by atoms with Crippen molar-refractivity contribution in [1.82, 2.24) is 10.2 Å². The van der Waals surface area contributed by atoms with Gasteiger partial charge >= 0.3 is 5.97 Å². The summed E-state index contributed by atoms with van der Waals surface area (Å²) in [6, 6.07) is 3.54. The number of benzene rings is 1. The fourth-order valence-corrected chi connectivity index (χ4v) is 3.72.